The van der Waals surface area contributed by atoms with E-state index >= 15 is 0 Å². The molecule has 0 heterocycles. The fourth-order valence-electron chi connectivity index (χ4n) is 0.743. The minimum atomic E-state index is -0.341. The van der Waals surface area contributed by atoms with Crippen molar-refractivity contribution in [3.05, 3.63) is 0 Å². The Morgan fingerprint density at radius 1 is 1.45 bits per heavy atom. The zero-order valence-corrected chi connectivity index (χ0v) is 7.95. The Labute approximate surface area is 73.3 Å². The molecule has 0 aliphatic carbocycles. The van der Waals surface area contributed by atoms with Crippen LogP contribution in [0.5, 0.6) is 0 Å². The molecule has 0 aliphatic heterocycles. The number of alkyl halides is 1. The zero-order valence-electron chi connectivity index (χ0n) is 7.19. The molecule has 1 N–H and O–H groups in total. The van der Waals surface area contributed by atoms with Crippen molar-refractivity contribution in [3.63, 3.8) is 0 Å². The lowest BCUT2D eigenvalue weighted by molar-refractivity contribution is -0.120. The average molecular weight is 178 g/mol. The van der Waals surface area contributed by atoms with Crippen LogP contribution in [0, 0.1) is 0 Å². The lowest BCUT2D eigenvalue weighted by atomic mass is 10.2. The number of hydrogen-bond donors (Lipinski definition) is 1. The summed E-state index contributed by atoms with van der Waals surface area (Å²) in [5.41, 5.74) is 0. The summed E-state index contributed by atoms with van der Waals surface area (Å²) in [6, 6.07) is 0. The first-order valence-corrected chi connectivity index (χ1v) is 4.57. The monoisotopic (exact) mass is 177 g/mol. The smallest absolute Gasteiger partial charge is 0.238 e. The molecule has 2 nitrogen and oxygen atoms in total. The van der Waals surface area contributed by atoms with E-state index in [0.717, 1.165) is 25.8 Å². The fraction of sp³-hybridized carbons (Fsp3) is 0.875. The Kier molecular flexibility index (Phi) is 6.33. The Balaban J connectivity index is 3.47. The minimum absolute atomic E-state index is 0.0321. The van der Waals surface area contributed by atoms with Gasteiger partial charge in [0, 0.05) is 6.54 Å². The number of nitrogens with one attached hydrogen (secondary N) is 1. The highest BCUT2D eigenvalue weighted by atomic mass is 35.5. The molecule has 0 bridgehead atoms. The summed E-state index contributed by atoms with van der Waals surface area (Å²) in [6.07, 6.45) is 2.67. The standard InChI is InChI=1S/C8H16ClNO/c1-3-5-7(9)8(11)10-6-4-2/h7H,3-6H2,1-2H3,(H,10,11). The lowest BCUT2D eigenvalue weighted by Gasteiger charge is -2.07. The van der Waals surface area contributed by atoms with E-state index in [9.17, 15) is 4.79 Å². The molecule has 0 radical (unpaired) electrons. The normalized spacial score (nSPS) is 12.6. The maximum absolute atomic E-state index is 11.0. The number of carbonyl (C=O) groups excluding carboxylic acids is 1. The molecular formula is C8H16ClNO. The van der Waals surface area contributed by atoms with Crippen molar-refractivity contribution in [2.75, 3.05) is 6.54 Å². The molecule has 0 rings (SSSR count). The second kappa shape index (κ2) is 6.47. The largest absolute Gasteiger partial charge is 0.355 e. The number of hydrogen-bond acceptors (Lipinski definition) is 1. The van der Waals surface area contributed by atoms with Crippen LogP contribution in [0.25, 0.3) is 0 Å². The number of halogens is 1. The summed E-state index contributed by atoms with van der Waals surface area (Å²) in [5.74, 6) is -0.0321. The van der Waals surface area contributed by atoms with Crippen LogP contribution >= 0.6 is 11.6 Å². The Morgan fingerprint density at radius 2 is 2.09 bits per heavy atom. The summed E-state index contributed by atoms with van der Waals surface area (Å²) in [4.78, 5) is 11.0. The fourth-order valence-corrected chi connectivity index (χ4v) is 1.04. The molecule has 0 aromatic carbocycles. The van der Waals surface area contributed by atoms with Crippen LogP contribution in [0.2, 0.25) is 0 Å². The van der Waals surface area contributed by atoms with E-state index in [1.54, 1.807) is 0 Å². The van der Waals surface area contributed by atoms with E-state index in [1.807, 2.05) is 13.8 Å². The maximum Gasteiger partial charge on any atom is 0.238 e. The molecule has 0 aromatic heterocycles. The SMILES string of the molecule is CCCNC(=O)C(Cl)CCC. The summed E-state index contributed by atoms with van der Waals surface area (Å²) in [5, 5.41) is 2.40. The van der Waals surface area contributed by atoms with Crippen LogP contribution in [0.1, 0.15) is 33.1 Å². The molecule has 1 unspecified atom stereocenters. The van der Waals surface area contributed by atoms with Gasteiger partial charge in [0.1, 0.15) is 5.38 Å². The van der Waals surface area contributed by atoms with Crippen LogP contribution in [-0.2, 0) is 4.79 Å². The van der Waals surface area contributed by atoms with E-state index in [0.29, 0.717) is 0 Å². The van der Waals surface area contributed by atoms with Crippen molar-refractivity contribution < 1.29 is 4.79 Å². The molecule has 66 valence electrons. The lowest BCUT2D eigenvalue weighted by Crippen LogP contribution is -2.31. The van der Waals surface area contributed by atoms with Gasteiger partial charge in [-0.3, -0.25) is 4.79 Å². The number of carbonyl (C=O) groups is 1. The highest BCUT2D eigenvalue weighted by Gasteiger charge is 2.11. The van der Waals surface area contributed by atoms with Crippen molar-refractivity contribution >= 4 is 17.5 Å². The van der Waals surface area contributed by atoms with Gasteiger partial charge >= 0.3 is 0 Å². The Morgan fingerprint density at radius 3 is 2.55 bits per heavy atom. The average Bonchev–Trinajstić information content (AvgIpc) is 2.00. The second-order valence-corrected chi connectivity index (χ2v) is 3.07. The second-order valence-electron chi connectivity index (χ2n) is 2.55. The van der Waals surface area contributed by atoms with Gasteiger partial charge < -0.3 is 5.32 Å². The molecule has 0 saturated carbocycles. The van der Waals surface area contributed by atoms with Gasteiger partial charge in [-0.05, 0) is 12.8 Å². The van der Waals surface area contributed by atoms with Crippen molar-refractivity contribution in [2.24, 2.45) is 0 Å². The molecule has 1 atom stereocenters. The van der Waals surface area contributed by atoms with Crippen LogP contribution in [0.15, 0.2) is 0 Å². The van der Waals surface area contributed by atoms with Gasteiger partial charge in [0.25, 0.3) is 0 Å². The zero-order chi connectivity index (χ0) is 8.69. The van der Waals surface area contributed by atoms with E-state index in [1.165, 1.54) is 0 Å². The van der Waals surface area contributed by atoms with Gasteiger partial charge in [0.15, 0.2) is 0 Å². The molecule has 0 fully saturated rings. The number of rotatable bonds is 5. The van der Waals surface area contributed by atoms with Gasteiger partial charge in [0.05, 0.1) is 0 Å². The van der Waals surface area contributed by atoms with Crippen LogP contribution in [0.4, 0.5) is 0 Å². The van der Waals surface area contributed by atoms with Gasteiger partial charge in [-0.15, -0.1) is 11.6 Å². The third-order valence-electron chi connectivity index (χ3n) is 1.38. The van der Waals surface area contributed by atoms with E-state index in [2.05, 4.69) is 5.32 Å². The predicted molar refractivity (Wildman–Crippen MR) is 47.8 cm³/mol. The topological polar surface area (TPSA) is 29.1 Å². The first kappa shape index (κ1) is 10.8. The minimum Gasteiger partial charge on any atom is -0.355 e. The van der Waals surface area contributed by atoms with Crippen LogP contribution < -0.4 is 5.32 Å². The van der Waals surface area contributed by atoms with Crippen molar-refractivity contribution in [1.29, 1.82) is 0 Å². The molecule has 11 heavy (non-hydrogen) atoms. The van der Waals surface area contributed by atoms with Gasteiger partial charge in [-0.1, -0.05) is 20.3 Å². The molecule has 0 spiro atoms. The first-order chi connectivity index (χ1) is 5.22. The maximum atomic E-state index is 11.0. The van der Waals surface area contributed by atoms with Gasteiger partial charge in [-0.25, -0.2) is 0 Å². The molecular weight excluding hydrogens is 162 g/mol. The summed E-state index contributed by atoms with van der Waals surface area (Å²) < 4.78 is 0. The summed E-state index contributed by atoms with van der Waals surface area (Å²) >= 11 is 5.76. The van der Waals surface area contributed by atoms with Crippen LogP contribution in [0.3, 0.4) is 0 Å². The third kappa shape index (κ3) is 5.08. The molecule has 0 aromatic rings. The van der Waals surface area contributed by atoms with Crippen molar-refractivity contribution in [3.8, 4) is 0 Å². The van der Waals surface area contributed by atoms with E-state index in [-0.39, 0.29) is 11.3 Å². The Bertz CT molecular complexity index is 117. The predicted octanol–water partition coefficient (Wildman–Crippen LogP) is 1.92. The quantitative estimate of drug-likeness (QED) is 0.639. The van der Waals surface area contributed by atoms with E-state index in [4.69, 9.17) is 11.6 Å². The molecule has 1 amide bonds. The molecule has 0 saturated heterocycles. The third-order valence-corrected chi connectivity index (χ3v) is 1.79. The van der Waals surface area contributed by atoms with Gasteiger partial charge in [0.2, 0.25) is 5.91 Å². The summed E-state index contributed by atoms with van der Waals surface area (Å²) in [7, 11) is 0. The highest BCUT2D eigenvalue weighted by Crippen LogP contribution is 2.04. The van der Waals surface area contributed by atoms with Crippen LogP contribution in [-0.4, -0.2) is 17.8 Å². The van der Waals surface area contributed by atoms with Crippen molar-refractivity contribution in [2.45, 2.75) is 38.5 Å². The highest BCUT2D eigenvalue weighted by molar-refractivity contribution is 6.30. The Hall–Kier alpha value is -0.240. The summed E-state index contributed by atoms with van der Waals surface area (Å²) in [6.45, 7) is 4.76. The number of amides is 1. The van der Waals surface area contributed by atoms with Crippen molar-refractivity contribution in [1.82, 2.24) is 5.32 Å². The molecule has 3 heteroatoms. The first-order valence-electron chi connectivity index (χ1n) is 4.14. The van der Waals surface area contributed by atoms with Gasteiger partial charge in [-0.2, -0.15) is 0 Å². The molecule has 0 aliphatic rings. The van der Waals surface area contributed by atoms with E-state index < -0.39 is 0 Å².